The Hall–Kier alpha value is -1.42. The lowest BCUT2D eigenvalue weighted by atomic mass is 10.4. The lowest BCUT2D eigenvalue weighted by Gasteiger charge is -2.09. The highest BCUT2D eigenvalue weighted by Crippen LogP contribution is 1.91. The van der Waals surface area contributed by atoms with Crippen molar-refractivity contribution in [3.05, 3.63) is 43.0 Å². The summed E-state index contributed by atoms with van der Waals surface area (Å²) in [4.78, 5) is 3.94. The lowest BCUT2D eigenvalue weighted by molar-refractivity contribution is 0.732. The first-order chi connectivity index (χ1) is 6.86. The van der Waals surface area contributed by atoms with E-state index in [1.807, 2.05) is 4.68 Å². The van der Waals surface area contributed by atoms with Crippen molar-refractivity contribution in [2.45, 2.75) is 12.7 Å². The predicted molar refractivity (Wildman–Crippen MR) is 59.1 cm³/mol. The van der Waals surface area contributed by atoms with Gasteiger partial charge in [-0.2, -0.15) is 5.10 Å². The van der Waals surface area contributed by atoms with E-state index in [-0.39, 0.29) is 0 Å². The van der Waals surface area contributed by atoms with Gasteiger partial charge in [-0.05, 0) is 0 Å². The first-order valence-corrected chi connectivity index (χ1v) is 7.28. The summed E-state index contributed by atoms with van der Waals surface area (Å²) in [6.45, 7) is 2.33. The van der Waals surface area contributed by atoms with E-state index in [4.69, 9.17) is 0 Å². The van der Waals surface area contributed by atoms with Crippen LogP contribution in [0.25, 0.3) is 0 Å². The Morgan fingerprint density at radius 2 is 2.07 bits per heavy atom. The Bertz CT molecular complexity index is 372. The minimum atomic E-state index is -0.893. The van der Waals surface area contributed by atoms with E-state index in [1.54, 1.807) is 12.7 Å². The molecule has 3 nitrogen and oxygen atoms in total. The fourth-order valence-corrected chi connectivity index (χ4v) is 3.33. The molecule has 0 N–H and O–H groups in total. The molecule has 4 heteroatoms. The van der Waals surface area contributed by atoms with Gasteiger partial charge in [0, 0.05) is 6.17 Å². The average molecular weight is 203 g/mol. The molecule has 1 atom stereocenters. The molecule has 0 amide bonds. The molecule has 0 bridgehead atoms. The molecule has 0 aliphatic rings. The van der Waals surface area contributed by atoms with Gasteiger partial charge in [-0.25, -0.2) is 4.98 Å². The van der Waals surface area contributed by atoms with E-state index in [0.29, 0.717) is 0 Å². The maximum Gasteiger partial charge on any atom is 0.137 e. The fourth-order valence-electron chi connectivity index (χ4n) is 1.49. The van der Waals surface area contributed by atoms with Crippen LogP contribution in [-0.4, -0.2) is 23.6 Å². The molecule has 72 valence electrons. The summed E-state index contributed by atoms with van der Waals surface area (Å²) in [6, 6.07) is 10.7. The zero-order chi connectivity index (χ0) is 9.80. The SMILES string of the molecule is C[SiH](Cn1cncn1)c1ccccc1. The van der Waals surface area contributed by atoms with Gasteiger partial charge in [0.25, 0.3) is 0 Å². The van der Waals surface area contributed by atoms with Gasteiger partial charge in [0.05, 0.1) is 8.80 Å². The van der Waals surface area contributed by atoms with Gasteiger partial charge in [0.2, 0.25) is 0 Å². The molecule has 1 aromatic heterocycles. The highest BCUT2D eigenvalue weighted by atomic mass is 28.3. The van der Waals surface area contributed by atoms with Gasteiger partial charge in [0.1, 0.15) is 12.7 Å². The van der Waals surface area contributed by atoms with Crippen LogP contribution < -0.4 is 5.19 Å². The number of hydrogen-bond donors (Lipinski definition) is 0. The first-order valence-electron chi connectivity index (χ1n) is 4.73. The lowest BCUT2D eigenvalue weighted by Crippen LogP contribution is -2.31. The topological polar surface area (TPSA) is 30.7 Å². The first kappa shape index (κ1) is 9.14. The van der Waals surface area contributed by atoms with Crippen molar-refractivity contribution < 1.29 is 0 Å². The van der Waals surface area contributed by atoms with Crippen LogP contribution in [0.4, 0.5) is 0 Å². The summed E-state index contributed by atoms with van der Waals surface area (Å²) >= 11 is 0. The van der Waals surface area contributed by atoms with Crippen LogP contribution in [0, 0.1) is 0 Å². The Morgan fingerprint density at radius 1 is 1.29 bits per heavy atom. The summed E-state index contributed by atoms with van der Waals surface area (Å²) in [5, 5.41) is 5.60. The van der Waals surface area contributed by atoms with Crippen molar-refractivity contribution >= 4 is 14.0 Å². The van der Waals surface area contributed by atoms with Crippen molar-refractivity contribution in [1.82, 2.24) is 14.8 Å². The van der Waals surface area contributed by atoms with Crippen LogP contribution in [0.2, 0.25) is 6.55 Å². The monoisotopic (exact) mass is 203 g/mol. The number of benzene rings is 1. The summed E-state index contributed by atoms with van der Waals surface area (Å²) in [5.74, 6) is 0. The minimum absolute atomic E-state index is 0.893. The summed E-state index contributed by atoms with van der Waals surface area (Å²) < 4.78 is 1.92. The molecule has 0 saturated carbocycles. The van der Waals surface area contributed by atoms with Crippen LogP contribution in [0.1, 0.15) is 0 Å². The van der Waals surface area contributed by atoms with Crippen LogP contribution in [-0.2, 0) is 6.17 Å². The van der Waals surface area contributed by atoms with E-state index in [1.165, 1.54) is 5.19 Å². The third-order valence-electron chi connectivity index (χ3n) is 2.30. The molecule has 0 radical (unpaired) electrons. The number of rotatable bonds is 3. The maximum atomic E-state index is 4.12. The van der Waals surface area contributed by atoms with Crippen molar-refractivity contribution in [2.24, 2.45) is 0 Å². The second-order valence-electron chi connectivity index (χ2n) is 3.43. The Labute approximate surface area is 85.0 Å². The molecule has 0 spiro atoms. The van der Waals surface area contributed by atoms with Gasteiger partial charge in [-0.15, -0.1) is 0 Å². The van der Waals surface area contributed by atoms with Gasteiger partial charge < -0.3 is 0 Å². The van der Waals surface area contributed by atoms with E-state index < -0.39 is 8.80 Å². The van der Waals surface area contributed by atoms with Crippen molar-refractivity contribution in [3.63, 3.8) is 0 Å². The molecule has 1 aromatic carbocycles. The van der Waals surface area contributed by atoms with E-state index >= 15 is 0 Å². The molecule has 0 aliphatic carbocycles. The fraction of sp³-hybridized carbons (Fsp3) is 0.200. The van der Waals surface area contributed by atoms with Crippen molar-refractivity contribution in [1.29, 1.82) is 0 Å². The number of aromatic nitrogens is 3. The van der Waals surface area contributed by atoms with Crippen LogP contribution in [0.5, 0.6) is 0 Å². The summed E-state index contributed by atoms with van der Waals surface area (Å²) in [6.07, 6.45) is 4.39. The third-order valence-corrected chi connectivity index (χ3v) is 4.74. The molecule has 0 fully saturated rings. The normalized spacial score (nSPS) is 12.6. The van der Waals surface area contributed by atoms with E-state index in [2.05, 4.69) is 47.0 Å². The van der Waals surface area contributed by atoms with E-state index in [9.17, 15) is 0 Å². The summed E-state index contributed by atoms with van der Waals surface area (Å²) in [7, 11) is -0.893. The zero-order valence-electron chi connectivity index (χ0n) is 8.17. The van der Waals surface area contributed by atoms with Crippen molar-refractivity contribution in [2.75, 3.05) is 0 Å². The molecular weight excluding hydrogens is 190 g/mol. The van der Waals surface area contributed by atoms with Crippen molar-refractivity contribution in [3.8, 4) is 0 Å². The second-order valence-corrected chi connectivity index (χ2v) is 6.26. The average Bonchev–Trinajstić information content (AvgIpc) is 2.72. The molecule has 2 rings (SSSR count). The highest BCUT2D eigenvalue weighted by molar-refractivity contribution is 6.70. The molecule has 14 heavy (non-hydrogen) atoms. The predicted octanol–water partition coefficient (Wildman–Crippen LogP) is 0.581. The summed E-state index contributed by atoms with van der Waals surface area (Å²) in [5.41, 5.74) is 0. The molecule has 0 saturated heterocycles. The smallest absolute Gasteiger partial charge is 0.137 e. The molecule has 1 heterocycles. The van der Waals surface area contributed by atoms with Gasteiger partial charge in [-0.1, -0.05) is 42.1 Å². The molecular formula is C10H13N3Si. The van der Waals surface area contributed by atoms with E-state index in [0.717, 1.165) is 6.17 Å². The van der Waals surface area contributed by atoms with Gasteiger partial charge >= 0.3 is 0 Å². The minimum Gasteiger partial charge on any atom is -0.256 e. The quantitative estimate of drug-likeness (QED) is 0.683. The largest absolute Gasteiger partial charge is 0.256 e. The molecule has 0 aliphatic heterocycles. The second kappa shape index (κ2) is 4.19. The number of nitrogens with zero attached hydrogens (tertiary/aromatic N) is 3. The zero-order valence-corrected chi connectivity index (χ0v) is 9.32. The molecule has 1 unspecified atom stereocenters. The maximum absolute atomic E-state index is 4.12. The van der Waals surface area contributed by atoms with Gasteiger partial charge in [-0.3, -0.25) is 4.68 Å². The highest BCUT2D eigenvalue weighted by Gasteiger charge is 2.07. The Kier molecular flexibility index (Phi) is 2.74. The standard InChI is InChI=1S/C10H13N3Si/c1-14(9-13-8-11-7-12-13)10-5-3-2-4-6-10/h2-8,14H,9H2,1H3. The van der Waals surface area contributed by atoms with Crippen LogP contribution in [0.3, 0.4) is 0 Å². The van der Waals surface area contributed by atoms with Crippen LogP contribution in [0.15, 0.2) is 43.0 Å². The molecule has 2 aromatic rings. The van der Waals surface area contributed by atoms with Gasteiger partial charge in [0.15, 0.2) is 0 Å². The Morgan fingerprint density at radius 3 is 2.71 bits per heavy atom. The number of hydrogen-bond acceptors (Lipinski definition) is 2. The Balaban J connectivity index is 2.07. The van der Waals surface area contributed by atoms with Crippen LogP contribution >= 0.6 is 0 Å². The third kappa shape index (κ3) is 2.08.